The van der Waals surface area contributed by atoms with E-state index in [4.69, 9.17) is 11.6 Å². The van der Waals surface area contributed by atoms with Crippen molar-refractivity contribution in [2.75, 3.05) is 26.2 Å². The minimum atomic E-state index is 0.366. The summed E-state index contributed by atoms with van der Waals surface area (Å²) in [6.07, 6.45) is 4.04. The number of piperidine rings is 1. The maximum atomic E-state index is 11.8. The van der Waals surface area contributed by atoms with Gasteiger partial charge in [-0.1, -0.05) is 30.7 Å². The number of amides is 1. The molecular weight excluding hydrogens is 296 g/mol. The number of hydrogen-bond acceptors (Lipinski definition) is 2. The molecule has 0 aromatic heterocycles. The zero-order valence-corrected chi connectivity index (χ0v) is 14.1. The summed E-state index contributed by atoms with van der Waals surface area (Å²) < 4.78 is 0. The third-order valence-corrected chi connectivity index (χ3v) is 5.29. The SMILES string of the molecule is C[C@H](CN1CCC(N2CCCC2=O)CC1)c1cccc(Cl)c1. The van der Waals surface area contributed by atoms with Gasteiger partial charge in [0.05, 0.1) is 0 Å². The molecule has 0 bridgehead atoms. The molecular formula is C18H25ClN2O. The molecule has 3 nitrogen and oxygen atoms in total. The van der Waals surface area contributed by atoms with Gasteiger partial charge in [0, 0.05) is 43.7 Å². The van der Waals surface area contributed by atoms with E-state index in [2.05, 4.69) is 28.9 Å². The molecule has 22 heavy (non-hydrogen) atoms. The van der Waals surface area contributed by atoms with E-state index in [1.807, 2.05) is 12.1 Å². The summed E-state index contributed by atoms with van der Waals surface area (Å²) in [5.74, 6) is 0.856. The fourth-order valence-corrected chi connectivity index (χ4v) is 3.97. The Hall–Kier alpha value is -1.06. The molecule has 0 unspecified atom stereocenters. The van der Waals surface area contributed by atoms with Gasteiger partial charge in [-0.25, -0.2) is 0 Å². The standard InChI is InChI=1S/C18H25ClN2O/c1-14(15-4-2-5-16(19)12-15)13-20-10-7-17(8-11-20)21-9-3-6-18(21)22/h2,4-5,12,14,17H,3,6-11,13H2,1H3/t14-/m1/s1. The number of carbonyl (C=O) groups excluding carboxylic acids is 1. The number of rotatable bonds is 4. The first-order valence-electron chi connectivity index (χ1n) is 8.41. The van der Waals surface area contributed by atoms with Crippen molar-refractivity contribution < 1.29 is 4.79 Å². The summed E-state index contributed by atoms with van der Waals surface area (Å²) in [6.45, 7) is 6.50. The number of hydrogen-bond donors (Lipinski definition) is 0. The number of likely N-dealkylation sites (tertiary alicyclic amines) is 2. The summed E-state index contributed by atoms with van der Waals surface area (Å²) in [7, 11) is 0. The molecule has 2 fully saturated rings. The smallest absolute Gasteiger partial charge is 0.222 e. The average Bonchev–Trinajstić information content (AvgIpc) is 2.94. The van der Waals surface area contributed by atoms with Gasteiger partial charge in [0.25, 0.3) is 0 Å². The molecule has 2 heterocycles. The predicted octanol–water partition coefficient (Wildman–Crippen LogP) is 3.53. The Balaban J connectivity index is 1.50. The number of benzene rings is 1. The maximum Gasteiger partial charge on any atom is 0.222 e. The summed E-state index contributed by atoms with van der Waals surface area (Å²) in [5, 5.41) is 0.815. The zero-order valence-electron chi connectivity index (χ0n) is 13.3. The lowest BCUT2D eigenvalue weighted by Gasteiger charge is -2.37. The van der Waals surface area contributed by atoms with E-state index in [0.29, 0.717) is 17.9 Å². The van der Waals surface area contributed by atoms with Crippen LogP contribution in [0.3, 0.4) is 0 Å². The van der Waals surface area contributed by atoms with Crippen molar-refractivity contribution in [2.24, 2.45) is 0 Å². The van der Waals surface area contributed by atoms with Crippen LogP contribution < -0.4 is 0 Å². The van der Waals surface area contributed by atoms with Crippen LogP contribution in [0.25, 0.3) is 0 Å². The lowest BCUT2D eigenvalue weighted by Crippen LogP contribution is -2.46. The Bertz CT molecular complexity index is 526. The van der Waals surface area contributed by atoms with E-state index < -0.39 is 0 Å². The predicted molar refractivity (Wildman–Crippen MR) is 90.3 cm³/mol. The summed E-state index contributed by atoms with van der Waals surface area (Å²) in [6, 6.07) is 8.66. The van der Waals surface area contributed by atoms with Crippen molar-refractivity contribution >= 4 is 17.5 Å². The van der Waals surface area contributed by atoms with E-state index in [1.54, 1.807) is 0 Å². The van der Waals surface area contributed by atoms with Gasteiger partial charge in [-0.3, -0.25) is 4.79 Å². The molecule has 0 saturated carbocycles. The van der Waals surface area contributed by atoms with Gasteiger partial charge in [0.1, 0.15) is 0 Å². The zero-order chi connectivity index (χ0) is 15.5. The van der Waals surface area contributed by atoms with Crippen molar-refractivity contribution in [3.63, 3.8) is 0 Å². The molecule has 1 aromatic rings. The fourth-order valence-electron chi connectivity index (χ4n) is 3.77. The summed E-state index contributed by atoms with van der Waals surface area (Å²) >= 11 is 6.09. The van der Waals surface area contributed by atoms with E-state index >= 15 is 0 Å². The number of halogens is 1. The van der Waals surface area contributed by atoms with Gasteiger partial charge in [-0.15, -0.1) is 0 Å². The van der Waals surface area contributed by atoms with Crippen LogP contribution in [0.5, 0.6) is 0 Å². The van der Waals surface area contributed by atoms with E-state index in [0.717, 1.165) is 56.9 Å². The van der Waals surface area contributed by atoms with Crippen LogP contribution >= 0.6 is 11.6 Å². The van der Waals surface area contributed by atoms with Gasteiger partial charge in [0.15, 0.2) is 0 Å². The molecule has 0 aliphatic carbocycles. The van der Waals surface area contributed by atoms with Gasteiger partial charge in [-0.05, 0) is 42.9 Å². The Labute approximate surface area is 138 Å². The highest BCUT2D eigenvalue weighted by Gasteiger charge is 2.30. The van der Waals surface area contributed by atoms with Crippen molar-refractivity contribution in [3.05, 3.63) is 34.9 Å². The lowest BCUT2D eigenvalue weighted by atomic mass is 9.98. The van der Waals surface area contributed by atoms with Crippen LogP contribution in [0.1, 0.15) is 44.1 Å². The van der Waals surface area contributed by atoms with Crippen LogP contribution in [-0.4, -0.2) is 47.9 Å². The molecule has 4 heteroatoms. The van der Waals surface area contributed by atoms with Crippen LogP contribution in [-0.2, 0) is 4.79 Å². The molecule has 0 radical (unpaired) electrons. The van der Waals surface area contributed by atoms with E-state index in [9.17, 15) is 4.79 Å². The van der Waals surface area contributed by atoms with Crippen molar-refractivity contribution in [3.8, 4) is 0 Å². The van der Waals surface area contributed by atoms with Crippen molar-refractivity contribution in [1.29, 1.82) is 0 Å². The Morgan fingerprint density at radius 1 is 1.27 bits per heavy atom. The van der Waals surface area contributed by atoms with E-state index in [1.165, 1.54) is 5.56 Å². The quantitative estimate of drug-likeness (QED) is 0.847. The highest BCUT2D eigenvalue weighted by atomic mass is 35.5. The summed E-state index contributed by atoms with van der Waals surface area (Å²) in [5.41, 5.74) is 1.31. The molecule has 0 spiro atoms. The Morgan fingerprint density at radius 3 is 2.68 bits per heavy atom. The molecule has 2 aliphatic heterocycles. The highest BCUT2D eigenvalue weighted by molar-refractivity contribution is 6.30. The third kappa shape index (κ3) is 3.64. The molecule has 1 aromatic carbocycles. The molecule has 1 atom stereocenters. The largest absolute Gasteiger partial charge is 0.340 e. The minimum Gasteiger partial charge on any atom is -0.340 e. The first kappa shape index (κ1) is 15.8. The van der Waals surface area contributed by atoms with E-state index in [-0.39, 0.29) is 0 Å². The van der Waals surface area contributed by atoms with Gasteiger partial charge in [-0.2, -0.15) is 0 Å². The normalized spacial score (nSPS) is 22.3. The van der Waals surface area contributed by atoms with Crippen molar-refractivity contribution in [1.82, 2.24) is 9.80 Å². The first-order valence-corrected chi connectivity index (χ1v) is 8.78. The third-order valence-electron chi connectivity index (χ3n) is 5.06. The highest BCUT2D eigenvalue weighted by Crippen LogP contribution is 2.25. The van der Waals surface area contributed by atoms with Crippen LogP contribution in [0.4, 0.5) is 0 Å². The Kier molecular flexibility index (Phi) is 5.04. The molecule has 0 N–H and O–H groups in total. The lowest BCUT2D eigenvalue weighted by molar-refractivity contribution is -0.130. The Morgan fingerprint density at radius 2 is 2.05 bits per heavy atom. The van der Waals surface area contributed by atoms with Crippen molar-refractivity contribution in [2.45, 2.75) is 44.6 Å². The second kappa shape index (κ2) is 7.01. The van der Waals surface area contributed by atoms with Gasteiger partial charge < -0.3 is 9.80 Å². The minimum absolute atomic E-state index is 0.366. The molecule has 120 valence electrons. The molecule has 2 saturated heterocycles. The first-order chi connectivity index (χ1) is 10.6. The molecule has 3 rings (SSSR count). The fraction of sp³-hybridized carbons (Fsp3) is 0.611. The number of nitrogens with zero attached hydrogens (tertiary/aromatic N) is 2. The van der Waals surface area contributed by atoms with Gasteiger partial charge >= 0.3 is 0 Å². The second-order valence-electron chi connectivity index (χ2n) is 6.68. The summed E-state index contributed by atoms with van der Waals surface area (Å²) in [4.78, 5) is 16.5. The molecule has 2 aliphatic rings. The second-order valence-corrected chi connectivity index (χ2v) is 7.11. The maximum absolute atomic E-state index is 11.8. The average molecular weight is 321 g/mol. The van der Waals surface area contributed by atoms with Crippen LogP contribution in [0.15, 0.2) is 24.3 Å². The molecule has 1 amide bonds. The van der Waals surface area contributed by atoms with Crippen LogP contribution in [0, 0.1) is 0 Å². The monoisotopic (exact) mass is 320 g/mol. The number of carbonyl (C=O) groups is 1. The topological polar surface area (TPSA) is 23.6 Å². The van der Waals surface area contributed by atoms with Gasteiger partial charge in [0.2, 0.25) is 5.91 Å². The van der Waals surface area contributed by atoms with Crippen LogP contribution in [0.2, 0.25) is 5.02 Å².